The average Bonchev–Trinajstić information content (AvgIpc) is 1.96. The summed E-state index contributed by atoms with van der Waals surface area (Å²) in [6, 6.07) is -0.362. The predicted molar refractivity (Wildman–Crippen MR) is 46.6 cm³/mol. The maximum atomic E-state index is 10.8. The largest absolute Gasteiger partial charge is 0.368 e. The lowest BCUT2D eigenvalue weighted by molar-refractivity contribution is -0.120. The number of amides is 1. The van der Waals surface area contributed by atoms with Crippen molar-refractivity contribution < 1.29 is 9.59 Å². The number of rotatable bonds is 6. The van der Waals surface area contributed by atoms with E-state index in [4.69, 9.17) is 5.73 Å². The van der Waals surface area contributed by atoms with Gasteiger partial charge in [-0.1, -0.05) is 6.92 Å². The zero-order valence-electron chi connectivity index (χ0n) is 7.59. The van der Waals surface area contributed by atoms with E-state index in [0.717, 1.165) is 0 Å². The SMILES string of the molecule is CCNC(CCC(C)=O)C(N)=O. The number of likely N-dealkylation sites (N-methyl/N-ethyl adjacent to an activating group) is 1. The Morgan fingerprint density at radius 2 is 2.08 bits per heavy atom. The van der Waals surface area contributed by atoms with Gasteiger partial charge in [0.05, 0.1) is 6.04 Å². The van der Waals surface area contributed by atoms with E-state index in [-0.39, 0.29) is 11.8 Å². The van der Waals surface area contributed by atoms with Gasteiger partial charge in [0.1, 0.15) is 5.78 Å². The molecule has 0 aromatic carbocycles. The molecule has 0 aromatic heterocycles. The molecule has 4 nitrogen and oxygen atoms in total. The van der Waals surface area contributed by atoms with Crippen molar-refractivity contribution >= 4 is 11.7 Å². The van der Waals surface area contributed by atoms with E-state index in [9.17, 15) is 9.59 Å². The van der Waals surface area contributed by atoms with Crippen molar-refractivity contribution in [1.82, 2.24) is 5.32 Å². The molecule has 12 heavy (non-hydrogen) atoms. The van der Waals surface area contributed by atoms with Crippen LogP contribution in [0.4, 0.5) is 0 Å². The van der Waals surface area contributed by atoms with Gasteiger partial charge in [-0.2, -0.15) is 0 Å². The summed E-state index contributed by atoms with van der Waals surface area (Å²) in [6.45, 7) is 4.08. The van der Waals surface area contributed by atoms with E-state index in [1.165, 1.54) is 6.92 Å². The number of nitrogens with two attached hydrogens (primary N) is 1. The molecule has 0 saturated heterocycles. The molecule has 0 radical (unpaired) electrons. The van der Waals surface area contributed by atoms with Gasteiger partial charge in [0, 0.05) is 6.42 Å². The van der Waals surface area contributed by atoms with E-state index >= 15 is 0 Å². The molecule has 0 spiro atoms. The minimum absolute atomic E-state index is 0.0825. The van der Waals surface area contributed by atoms with Gasteiger partial charge in [0.2, 0.25) is 5.91 Å². The van der Waals surface area contributed by atoms with Crippen LogP contribution in [0.15, 0.2) is 0 Å². The number of nitrogens with one attached hydrogen (secondary N) is 1. The van der Waals surface area contributed by atoms with Crippen LogP contribution in [0, 0.1) is 0 Å². The third-order valence-corrected chi connectivity index (χ3v) is 1.58. The van der Waals surface area contributed by atoms with Crippen LogP contribution in [0.2, 0.25) is 0 Å². The van der Waals surface area contributed by atoms with Crippen LogP contribution >= 0.6 is 0 Å². The standard InChI is InChI=1S/C8H16N2O2/c1-3-10-7(8(9)12)5-4-6(2)11/h7,10H,3-5H2,1-2H3,(H2,9,12). The summed E-state index contributed by atoms with van der Waals surface area (Å²) >= 11 is 0. The van der Waals surface area contributed by atoms with Gasteiger partial charge >= 0.3 is 0 Å². The van der Waals surface area contributed by atoms with Crippen LogP contribution in [0.3, 0.4) is 0 Å². The number of hydrogen-bond donors (Lipinski definition) is 2. The van der Waals surface area contributed by atoms with Crippen LogP contribution in [0.5, 0.6) is 0 Å². The van der Waals surface area contributed by atoms with Crippen molar-refractivity contribution in [2.45, 2.75) is 32.7 Å². The summed E-state index contributed by atoms with van der Waals surface area (Å²) in [5.41, 5.74) is 5.10. The highest BCUT2D eigenvalue weighted by atomic mass is 16.1. The highest BCUT2D eigenvalue weighted by Crippen LogP contribution is 1.97. The summed E-state index contributed by atoms with van der Waals surface area (Å²) in [6.07, 6.45) is 0.902. The number of hydrogen-bond acceptors (Lipinski definition) is 3. The number of carbonyl (C=O) groups is 2. The molecular formula is C8H16N2O2. The Balaban J connectivity index is 3.79. The quantitative estimate of drug-likeness (QED) is 0.583. The summed E-state index contributed by atoms with van der Waals surface area (Å²) in [7, 11) is 0. The molecule has 0 fully saturated rings. The van der Waals surface area contributed by atoms with E-state index in [2.05, 4.69) is 5.32 Å². The lowest BCUT2D eigenvalue weighted by Gasteiger charge is -2.12. The molecule has 3 N–H and O–H groups in total. The van der Waals surface area contributed by atoms with Gasteiger partial charge < -0.3 is 15.8 Å². The molecule has 1 atom stereocenters. The van der Waals surface area contributed by atoms with E-state index < -0.39 is 5.91 Å². The van der Waals surface area contributed by atoms with E-state index in [1.807, 2.05) is 6.92 Å². The van der Waals surface area contributed by atoms with E-state index in [1.54, 1.807) is 0 Å². The lowest BCUT2D eigenvalue weighted by Crippen LogP contribution is -2.41. The second-order valence-electron chi connectivity index (χ2n) is 2.75. The first-order chi connectivity index (χ1) is 5.57. The second-order valence-corrected chi connectivity index (χ2v) is 2.75. The highest BCUT2D eigenvalue weighted by Gasteiger charge is 2.13. The minimum Gasteiger partial charge on any atom is -0.368 e. The third-order valence-electron chi connectivity index (χ3n) is 1.58. The topological polar surface area (TPSA) is 72.2 Å². The predicted octanol–water partition coefficient (Wildman–Crippen LogP) is -0.181. The molecule has 1 unspecified atom stereocenters. The van der Waals surface area contributed by atoms with Gasteiger partial charge in [-0.05, 0) is 19.9 Å². The second kappa shape index (κ2) is 5.71. The van der Waals surface area contributed by atoms with Gasteiger partial charge in [0.25, 0.3) is 0 Å². The van der Waals surface area contributed by atoms with Crippen molar-refractivity contribution in [1.29, 1.82) is 0 Å². The van der Waals surface area contributed by atoms with Gasteiger partial charge in [-0.3, -0.25) is 4.79 Å². The molecule has 1 amide bonds. The lowest BCUT2D eigenvalue weighted by atomic mass is 10.1. The molecule has 70 valence electrons. The van der Waals surface area contributed by atoms with Crippen molar-refractivity contribution in [3.05, 3.63) is 0 Å². The number of primary amides is 1. The Morgan fingerprint density at radius 3 is 2.42 bits per heavy atom. The van der Waals surface area contributed by atoms with Crippen LogP contribution in [0.25, 0.3) is 0 Å². The molecule has 0 rings (SSSR count). The maximum absolute atomic E-state index is 10.8. The van der Waals surface area contributed by atoms with Gasteiger partial charge in [0.15, 0.2) is 0 Å². The zero-order valence-corrected chi connectivity index (χ0v) is 7.59. The van der Waals surface area contributed by atoms with Crippen LogP contribution in [-0.2, 0) is 9.59 Å². The normalized spacial score (nSPS) is 12.5. The molecular weight excluding hydrogens is 156 g/mol. The highest BCUT2D eigenvalue weighted by molar-refractivity contribution is 5.81. The fourth-order valence-corrected chi connectivity index (χ4v) is 0.939. The summed E-state index contributed by atoms with van der Waals surface area (Å²) in [5, 5.41) is 2.91. The first-order valence-corrected chi connectivity index (χ1v) is 4.10. The Morgan fingerprint density at radius 1 is 1.50 bits per heavy atom. The van der Waals surface area contributed by atoms with Crippen LogP contribution < -0.4 is 11.1 Å². The smallest absolute Gasteiger partial charge is 0.234 e. The Hall–Kier alpha value is -0.900. The van der Waals surface area contributed by atoms with Crippen LogP contribution in [-0.4, -0.2) is 24.3 Å². The van der Waals surface area contributed by atoms with Crippen LogP contribution in [0.1, 0.15) is 26.7 Å². The number of carbonyl (C=O) groups excluding carboxylic acids is 2. The molecule has 0 bridgehead atoms. The average molecular weight is 172 g/mol. The molecule has 4 heteroatoms. The summed E-state index contributed by atoms with van der Waals surface area (Å²) in [5.74, 6) is -0.308. The first kappa shape index (κ1) is 11.1. The Labute approximate surface area is 72.5 Å². The number of ketones is 1. The van der Waals surface area contributed by atoms with Crippen molar-refractivity contribution in [3.63, 3.8) is 0 Å². The van der Waals surface area contributed by atoms with Crippen molar-refractivity contribution in [2.24, 2.45) is 5.73 Å². The molecule has 0 aliphatic heterocycles. The van der Waals surface area contributed by atoms with E-state index in [0.29, 0.717) is 19.4 Å². The summed E-state index contributed by atoms with van der Waals surface area (Å²) < 4.78 is 0. The Bertz CT molecular complexity index is 168. The minimum atomic E-state index is -0.391. The molecule has 0 aliphatic carbocycles. The summed E-state index contributed by atoms with van der Waals surface area (Å²) in [4.78, 5) is 21.3. The number of Topliss-reactive ketones (excluding diaryl/α,β-unsaturated/α-hetero) is 1. The molecule has 0 aliphatic rings. The Kier molecular flexibility index (Phi) is 5.28. The third kappa shape index (κ3) is 4.85. The van der Waals surface area contributed by atoms with Crippen molar-refractivity contribution in [3.8, 4) is 0 Å². The van der Waals surface area contributed by atoms with Gasteiger partial charge in [-0.25, -0.2) is 0 Å². The molecule has 0 aromatic rings. The maximum Gasteiger partial charge on any atom is 0.234 e. The fourth-order valence-electron chi connectivity index (χ4n) is 0.939. The monoisotopic (exact) mass is 172 g/mol. The first-order valence-electron chi connectivity index (χ1n) is 4.10. The van der Waals surface area contributed by atoms with Crippen molar-refractivity contribution in [2.75, 3.05) is 6.54 Å². The van der Waals surface area contributed by atoms with Gasteiger partial charge in [-0.15, -0.1) is 0 Å². The molecule has 0 saturated carbocycles. The molecule has 0 heterocycles. The zero-order chi connectivity index (χ0) is 9.56. The fraction of sp³-hybridized carbons (Fsp3) is 0.750.